The van der Waals surface area contributed by atoms with Crippen molar-refractivity contribution >= 4 is 23.4 Å². The summed E-state index contributed by atoms with van der Waals surface area (Å²) in [5.74, 6) is -0.0897. The van der Waals surface area contributed by atoms with Crippen molar-refractivity contribution in [1.29, 1.82) is 0 Å². The predicted molar refractivity (Wildman–Crippen MR) is 90.9 cm³/mol. The van der Waals surface area contributed by atoms with Gasteiger partial charge >= 0.3 is 6.18 Å². The highest BCUT2D eigenvalue weighted by molar-refractivity contribution is 7.99. The molecule has 10 heteroatoms. The molecule has 26 heavy (non-hydrogen) atoms. The fourth-order valence-electron chi connectivity index (χ4n) is 2.99. The first-order valence-corrected chi connectivity index (χ1v) is 9.32. The second-order valence-electron chi connectivity index (χ2n) is 6.66. The highest BCUT2D eigenvalue weighted by Gasteiger charge is 2.40. The van der Waals surface area contributed by atoms with Gasteiger partial charge < -0.3 is 4.90 Å². The van der Waals surface area contributed by atoms with Crippen molar-refractivity contribution in [3.05, 3.63) is 17.5 Å². The number of aryl methyl sites for hydroxylation is 2. The van der Waals surface area contributed by atoms with Gasteiger partial charge in [-0.05, 0) is 45.6 Å². The number of amides is 1. The molecule has 0 aromatic carbocycles. The highest BCUT2D eigenvalue weighted by atomic mass is 32.2. The van der Waals surface area contributed by atoms with Crippen LogP contribution in [-0.4, -0.2) is 54.9 Å². The molecule has 142 valence electrons. The van der Waals surface area contributed by atoms with Crippen LogP contribution in [0, 0.1) is 19.8 Å². The van der Waals surface area contributed by atoms with E-state index in [4.69, 9.17) is 0 Å². The third-order valence-corrected chi connectivity index (χ3v) is 5.37. The molecule has 0 bridgehead atoms. The monoisotopic (exact) mass is 387 g/mol. The van der Waals surface area contributed by atoms with Gasteiger partial charge in [-0.25, -0.2) is 4.98 Å². The number of carbonyl (C=O) groups excluding carboxylic acids is 1. The first-order valence-electron chi connectivity index (χ1n) is 8.34. The summed E-state index contributed by atoms with van der Waals surface area (Å²) >= 11 is 1.08. The number of thioether (sulfide) groups is 1. The van der Waals surface area contributed by atoms with Crippen LogP contribution < -0.4 is 0 Å². The van der Waals surface area contributed by atoms with Crippen molar-refractivity contribution in [2.24, 2.45) is 5.92 Å². The summed E-state index contributed by atoms with van der Waals surface area (Å²) in [6.07, 6.45) is -2.67. The van der Waals surface area contributed by atoms with Gasteiger partial charge in [0, 0.05) is 17.4 Å². The lowest BCUT2D eigenvalue weighted by atomic mass is 10.2. The smallest absolute Gasteiger partial charge is 0.330 e. The quantitative estimate of drug-likeness (QED) is 0.713. The summed E-state index contributed by atoms with van der Waals surface area (Å²) in [5.41, 5.74) is 1.65. The van der Waals surface area contributed by atoms with E-state index in [9.17, 15) is 18.0 Å². The van der Waals surface area contributed by atoms with Crippen LogP contribution in [0.1, 0.15) is 31.2 Å². The van der Waals surface area contributed by atoms with Gasteiger partial charge in [-0.3, -0.25) is 9.20 Å². The second-order valence-corrected chi connectivity index (χ2v) is 7.60. The Morgan fingerprint density at radius 1 is 1.38 bits per heavy atom. The summed E-state index contributed by atoms with van der Waals surface area (Å²) in [5, 5.41) is 8.44. The molecule has 1 saturated carbocycles. The van der Waals surface area contributed by atoms with Gasteiger partial charge in [0.05, 0.1) is 5.75 Å². The maximum Gasteiger partial charge on any atom is 0.406 e. The molecule has 6 nitrogen and oxygen atoms in total. The zero-order valence-electron chi connectivity index (χ0n) is 14.7. The summed E-state index contributed by atoms with van der Waals surface area (Å²) in [7, 11) is 0. The average Bonchev–Trinajstić information content (AvgIpc) is 3.30. The molecule has 0 aliphatic heterocycles. The van der Waals surface area contributed by atoms with E-state index in [2.05, 4.69) is 15.2 Å². The van der Waals surface area contributed by atoms with Gasteiger partial charge in [0.15, 0.2) is 5.16 Å². The van der Waals surface area contributed by atoms with Crippen molar-refractivity contribution in [3.8, 4) is 0 Å². The number of rotatable bonds is 6. The van der Waals surface area contributed by atoms with Crippen LogP contribution in [0.4, 0.5) is 13.2 Å². The van der Waals surface area contributed by atoms with E-state index < -0.39 is 24.7 Å². The molecular weight excluding hydrogens is 367 g/mol. The number of alkyl halides is 3. The molecule has 0 radical (unpaired) electrons. The Hall–Kier alpha value is -1.84. The molecule has 1 aliphatic carbocycles. The van der Waals surface area contributed by atoms with E-state index in [-0.39, 0.29) is 11.7 Å². The average molecular weight is 387 g/mol. The first kappa shape index (κ1) is 18.9. The lowest BCUT2D eigenvalue weighted by Gasteiger charge is -2.30. The number of hydrogen-bond donors (Lipinski definition) is 0. The molecule has 2 aromatic rings. The third kappa shape index (κ3) is 4.28. The molecule has 1 amide bonds. The number of nitrogens with zero attached hydrogens (tertiary/aromatic N) is 5. The summed E-state index contributed by atoms with van der Waals surface area (Å²) in [6, 6.07) is 1.44. The minimum atomic E-state index is -4.41. The van der Waals surface area contributed by atoms with Gasteiger partial charge in [-0.1, -0.05) is 11.8 Å². The number of aromatic nitrogens is 4. The van der Waals surface area contributed by atoms with E-state index in [1.807, 2.05) is 19.9 Å². The topological polar surface area (TPSA) is 63.4 Å². The van der Waals surface area contributed by atoms with Gasteiger partial charge in [0.1, 0.15) is 6.54 Å². The summed E-state index contributed by atoms with van der Waals surface area (Å²) in [6.45, 7) is 4.17. The lowest BCUT2D eigenvalue weighted by molar-refractivity contribution is -0.164. The van der Waals surface area contributed by atoms with Crippen LogP contribution in [0.5, 0.6) is 0 Å². The Kier molecular flexibility index (Phi) is 5.14. The van der Waals surface area contributed by atoms with E-state index in [1.165, 1.54) is 0 Å². The molecular formula is C16H20F3N5OS. The Balaban J connectivity index is 1.74. The number of fused-ring (bicyclic) bond motifs is 1. The molecule has 2 aromatic heterocycles. The van der Waals surface area contributed by atoms with Crippen LogP contribution >= 0.6 is 11.8 Å². The summed E-state index contributed by atoms with van der Waals surface area (Å²) in [4.78, 5) is 17.7. The lowest BCUT2D eigenvalue weighted by Crippen LogP contribution is -2.46. The van der Waals surface area contributed by atoms with Crippen molar-refractivity contribution in [2.75, 3.05) is 12.3 Å². The Morgan fingerprint density at radius 2 is 2.08 bits per heavy atom. The van der Waals surface area contributed by atoms with Gasteiger partial charge in [-0.2, -0.15) is 13.2 Å². The number of carbonyl (C=O) groups is 1. The molecule has 1 fully saturated rings. The fraction of sp³-hybridized carbons (Fsp3) is 0.625. The molecule has 0 spiro atoms. The van der Waals surface area contributed by atoms with Crippen molar-refractivity contribution in [2.45, 2.75) is 51.0 Å². The Bertz CT molecular complexity index is 818. The maximum atomic E-state index is 12.9. The fourth-order valence-corrected chi connectivity index (χ4v) is 3.86. The van der Waals surface area contributed by atoms with E-state index in [0.717, 1.165) is 40.9 Å². The Labute approximate surface area is 153 Å². The number of halogens is 3. The second kappa shape index (κ2) is 7.05. The molecule has 1 aliphatic rings. The molecule has 0 unspecified atom stereocenters. The van der Waals surface area contributed by atoms with Crippen molar-refractivity contribution < 1.29 is 18.0 Å². The number of hydrogen-bond acceptors (Lipinski definition) is 5. The summed E-state index contributed by atoms with van der Waals surface area (Å²) < 4.78 is 40.4. The Morgan fingerprint density at radius 3 is 2.69 bits per heavy atom. The van der Waals surface area contributed by atoms with Crippen molar-refractivity contribution in [1.82, 2.24) is 24.5 Å². The van der Waals surface area contributed by atoms with Crippen LogP contribution in [0.2, 0.25) is 0 Å². The predicted octanol–water partition coefficient (Wildman–Crippen LogP) is 3.02. The maximum absolute atomic E-state index is 12.9. The van der Waals surface area contributed by atoms with E-state index in [1.54, 1.807) is 11.3 Å². The third-order valence-electron chi connectivity index (χ3n) is 4.45. The van der Waals surface area contributed by atoms with Crippen LogP contribution in [0.3, 0.4) is 0 Å². The van der Waals surface area contributed by atoms with Gasteiger partial charge in [0.2, 0.25) is 5.91 Å². The van der Waals surface area contributed by atoms with Gasteiger partial charge in [-0.15, -0.1) is 10.2 Å². The molecule has 2 heterocycles. The zero-order valence-corrected chi connectivity index (χ0v) is 15.6. The SMILES string of the molecule is Cc1cc(C)n2c(SCC(=O)N(CC(F)(F)F)[C@@H](C)C3CC3)nnc2n1. The standard InChI is InChI=1S/C16H20F3N5OS/c1-9-6-10(2)24-14(20-9)21-22-15(24)26-7-13(25)23(8-16(17,18)19)11(3)12-4-5-12/h6,11-12H,4-5,7-8H2,1-3H3/t11-/m0/s1. The van der Waals surface area contributed by atoms with Crippen LogP contribution in [0.25, 0.3) is 5.78 Å². The van der Waals surface area contributed by atoms with Crippen molar-refractivity contribution in [3.63, 3.8) is 0 Å². The van der Waals surface area contributed by atoms with Crippen LogP contribution in [-0.2, 0) is 4.79 Å². The zero-order chi connectivity index (χ0) is 19.1. The van der Waals surface area contributed by atoms with Gasteiger partial charge in [0.25, 0.3) is 5.78 Å². The minimum absolute atomic E-state index is 0.124. The van der Waals surface area contributed by atoms with E-state index in [0.29, 0.717) is 10.9 Å². The first-order chi connectivity index (χ1) is 12.2. The highest BCUT2D eigenvalue weighted by Crippen LogP contribution is 2.36. The largest absolute Gasteiger partial charge is 0.406 e. The molecule has 1 atom stereocenters. The van der Waals surface area contributed by atoms with E-state index >= 15 is 0 Å². The van der Waals surface area contributed by atoms with Crippen LogP contribution in [0.15, 0.2) is 11.2 Å². The molecule has 0 N–H and O–H groups in total. The minimum Gasteiger partial charge on any atom is -0.330 e. The normalized spacial score (nSPS) is 16.1. The molecule has 3 rings (SSSR count). The molecule has 0 saturated heterocycles.